The van der Waals surface area contributed by atoms with Crippen molar-refractivity contribution in [2.45, 2.75) is 19.1 Å². The third kappa shape index (κ3) is 3.16. The van der Waals surface area contributed by atoms with Crippen molar-refractivity contribution in [1.29, 1.82) is 0 Å². The molecule has 2 aliphatic heterocycles. The van der Waals surface area contributed by atoms with E-state index in [1.165, 1.54) is 5.69 Å². The summed E-state index contributed by atoms with van der Waals surface area (Å²) in [6, 6.07) is 10.0. The standard InChI is InChI=1S/C21H23N3O4/c25-21(23-9-12-26-13-10-23)19-4-3-17(28-19)14-24-8-7-22-6-1-2-18(22)20(24)16-5-11-27-15-16/h1-6,11,15,20H,7-10,12-14H2. The molecule has 3 aromatic heterocycles. The first-order chi connectivity index (χ1) is 13.8. The van der Waals surface area contributed by atoms with Gasteiger partial charge in [-0.25, -0.2) is 0 Å². The summed E-state index contributed by atoms with van der Waals surface area (Å²) in [5.41, 5.74) is 2.36. The number of hydrogen-bond donors (Lipinski definition) is 0. The van der Waals surface area contributed by atoms with Gasteiger partial charge >= 0.3 is 0 Å². The van der Waals surface area contributed by atoms with E-state index in [-0.39, 0.29) is 11.9 Å². The minimum atomic E-state index is -0.0616. The number of amides is 1. The van der Waals surface area contributed by atoms with E-state index in [4.69, 9.17) is 13.6 Å². The van der Waals surface area contributed by atoms with Crippen LogP contribution in [0.15, 0.2) is 57.9 Å². The molecule has 28 heavy (non-hydrogen) atoms. The van der Waals surface area contributed by atoms with Gasteiger partial charge in [-0.1, -0.05) is 0 Å². The van der Waals surface area contributed by atoms with Crippen LogP contribution in [0.5, 0.6) is 0 Å². The van der Waals surface area contributed by atoms with Gasteiger partial charge in [0.05, 0.1) is 38.3 Å². The van der Waals surface area contributed by atoms with Crippen molar-refractivity contribution >= 4 is 5.91 Å². The molecule has 7 heteroatoms. The van der Waals surface area contributed by atoms with Gasteiger partial charge in [0.15, 0.2) is 5.76 Å². The van der Waals surface area contributed by atoms with Crippen LogP contribution in [0.25, 0.3) is 0 Å². The average molecular weight is 381 g/mol. The Labute approximate surface area is 163 Å². The molecule has 5 rings (SSSR count). The molecule has 2 aliphatic rings. The van der Waals surface area contributed by atoms with Gasteiger partial charge in [0, 0.05) is 43.6 Å². The molecule has 1 atom stereocenters. The lowest BCUT2D eigenvalue weighted by molar-refractivity contribution is 0.0280. The largest absolute Gasteiger partial charge is 0.472 e. The second-order valence-electron chi connectivity index (χ2n) is 7.23. The van der Waals surface area contributed by atoms with E-state index < -0.39 is 0 Å². The maximum absolute atomic E-state index is 12.6. The molecule has 0 N–H and O–H groups in total. The summed E-state index contributed by atoms with van der Waals surface area (Å²) in [7, 11) is 0. The molecule has 0 radical (unpaired) electrons. The van der Waals surface area contributed by atoms with Crippen LogP contribution < -0.4 is 0 Å². The Bertz CT molecular complexity index is 937. The van der Waals surface area contributed by atoms with Crippen LogP contribution in [0, 0.1) is 0 Å². The van der Waals surface area contributed by atoms with Crippen molar-refractivity contribution in [3.63, 3.8) is 0 Å². The van der Waals surface area contributed by atoms with Gasteiger partial charge in [-0.3, -0.25) is 9.69 Å². The predicted molar refractivity (Wildman–Crippen MR) is 101 cm³/mol. The number of hydrogen-bond acceptors (Lipinski definition) is 5. The minimum absolute atomic E-state index is 0.0616. The molecule has 1 fully saturated rings. The molecule has 1 amide bonds. The Morgan fingerprint density at radius 3 is 2.79 bits per heavy atom. The molecule has 1 unspecified atom stereocenters. The Kier molecular flexibility index (Phi) is 4.54. The lowest BCUT2D eigenvalue weighted by Gasteiger charge is -2.36. The smallest absolute Gasteiger partial charge is 0.289 e. The predicted octanol–water partition coefficient (Wildman–Crippen LogP) is 2.75. The molecule has 0 saturated carbocycles. The Morgan fingerprint density at radius 2 is 1.96 bits per heavy atom. The number of furan rings is 2. The second kappa shape index (κ2) is 7.33. The van der Waals surface area contributed by atoms with Crippen LogP contribution in [-0.4, -0.2) is 53.1 Å². The fourth-order valence-corrected chi connectivity index (χ4v) is 4.11. The first-order valence-corrected chi connectivity index (χ1v) is 9.66. The number of carbonyl (C=O) groups is 1. The van der Waals surface area contributed by atoms with Crippen molar-refractivity contribution in [2.75, 3.05) is 32.8 Å². The van der Waals surface area contributed by atoms with E-state index in [1.54, 1.807) is 23.5 Å². The third-order valence-corrected chi connectivity index (χ3v) is 5.53. The number of morpholine rings is 1. The fraction of sp³-hybridized carbons (Fsp3) is 0.381. The number of nitrogens with zero attached hydrogens (tertiary/aromatic N) is 3. The van der Waals surface area contributed by atoms with Crippen LogP contribution in [0.2, 0.25) is 0 Å². The van der Waals surface area contributed by atoms with Gasteiger partial charge in [-0.05, 0) is 30.3 Å². The van der Waals surface area contributed by atoms with Gasteiger partial charge in [0.1, 0.15) is 5.76 Å². The summed E-state index contributed by atoms with van der Waals surface area (Å²) in [4.78, 5) is 16.8. The minimum Gasteiger partial charge on any atom is -0.472 e. The zero-order chi connectivity index (χ0) is 18.9. The average Bonchev–Trinajstić information content (AvgIpc) is 3.49. The van der Waals surface area contributed by atoms with Crippen LogP contribution in [-0.2, 0) is 17.8 Å². The topological polar surface area (TPSA) is 64.0 Å². The SMILES string of the molecule is O=C(c1ccc(CN2CCn3cccc3C2c2ccoc2)o1)N1CCOCC1. The summed E-state index contributed by atoms with van der Waals surface area (Å²) in [5.74, 6) is 1.13. The lowest BCUT2D eigenvalue weighted by atomic mass is 10.0. The molecule has 1 saturated heterocycles. The van der Waals surface area contributed by atoms with Crippen LogP contribution >= 0.6 is 0 Å². The molecule has 3 aromatic rings. The molecular weight excluding hydrogens is 358 g/mol. The molecule has 5 heterocycles. The molecule has 146 valence electrons. The second-order valence-corrected chi connectivity index (χ2v) is 7.23. The molecular formula is C21H23N3O4. The highest BCUT2D eigenvalue weighted by Gasteiger charge is 2.30. The monoisotopic (exact) mass is 381 g/mol. The van der Waals surface area contributed by atoms with E-state index >= 15 is 0 Å². The third-order valence-electron chi connectivity index (χ3n) is 5.53. The summed E-state index contributed by atoms with van der Waals surface area (Å²) < 4.78 is 18.9. The van der Waals surface area contributed by atoms with Crippen LogP contribution in [0.4, 0.5) is 0 Å². The molecule has 0 spiro atoms. The Hall–Kier alpha value is -2.77. The van der Waals surface area contributed by atoms with Crippen molar-refractivity contribution in [2.24, 2.45) is 0 Å². The Balaban J connectivity index is 1.36. The van der Waals surface area contributed by atoms with Crippen molar-refractivity contribution in [1.82, 2.24) is 14.4 Å². The molecule has 0 aromatic carbocycles. The number of rotatable bonds is 4. The number of fused-ring (bicyclic) bond motifs is 1. The summed E-state index contributed by atoms with van der Waals surface area (Å²) in [6.07, 6.45) is 5.63. The fourth-order valence-electron chi connectivity index (χ4n) is 4.11. The molecule has 0 bridgehead atoms. The Morgan fingerprint density at radius 1 is 1.07 bits per heavy atom. The van der Waals surface area contributed by atoms with E-state index in [2.05, 4.69) is 27.8 Å². The van der Waals surface area contributed by atoms with Crippen molar-refractivity contribution in [3.05, 3.63) is 71.8 Å². The first kappa shape index (κ1) is 17.3. The van der Waals surface area contributed by atoms with E-state index in [0.717, 1.165) is 24.4 Å². The van der Waals surface area contributed by atoms with Crippen molar-refractivity contribution < 1.29 is 18.4 Å². The zero-order valence-corrected chi connectivity index (χ0v) is 15.6. The normalized spacial score (nSPS) is 20.3. The van der Waals surface area contributed by atoms with Gasteiger partial charge in [-0.2, -0.15) is 0 Å². The number of carbonyl (C=O) groups excluding carboxylic acids is 1. The zero-order valence-electron chi connectivity index (χ0n) is 15.6. The van der Waals surface area contributed by atoms with E-state index in [0.29, 0.717) is 38.6 Å². The van der Waals surface area contributed by atoms with Gasteiger partial charge < -0.3 is 23.0 Å². The van der Waals surface area contributed by atoms with Gasteiger partial charge in [0.25, 0.3) is 5.91 Å². The maximum Gasteiger partial charge on any atom is 0.289 e. The highest BCUT2D eigenvalue weighted by molar-refractivity contribution is 5.91. The summed E-state index contributed by atoms with van der Waals surface area (Å²) >= 11 is 0. The van der Waals surface area contributed by atoms with E-state index in [9.17, 15) is 4.79 Å². The highest BCUT2D eigenvalue weighted by atomic mass is 16.5. The number of aromatic nitrogens is 1. The van der Waals surface area contributed by atoms with Gasteiger partial charge in [-0.15, -0.1) is 0 Å². The van der Waals surface area contributed by atoms with E-state index in [1.807, 2.05) is 12.1 Å². The highest BCUT2D eigenvalue weighted by Crippen LogP contribution is 2.34. The lowest BCUT2D eigenvalue weighted by Crippen LogP contribution is -2.40. The quantitative estimate of drug-likeness (QED) is 0.695. The van der Waals surface area contributed by atoms with Crippen LogP contribution in [0.1, 0.15) is 33.6 Å². The van der Waals surface area contributed by atoms with Gasteiger partial charge in [0.2, 0.25) is 0 Å². The van der Waals surface area contributed by atoms with Crippen LogP contribution in [0.3, 0.4) is 0 Å². The number of ether oxygens (including phenoxy) is 1. The molecule has 0 aliphatic carbocycles. The first-order valence-electron chi connectivity index (χ1n) is 9.66. The maximum atomic E-state index is 12.6. The van der Waals surface area contributed by atoms with Crippen molar-refractivity contribution in [3.8, 4) is 0 Å². The summed E-state index contributed by atoms with van der Waals surface area (Å²) in [6.45, 7) is 4.85. The summed E-state index contributed by atoms with van der Waals surface area (Å²) in [5, 5.41) is 0. The molecule has 7 nitrogen and oxygen atoms in total.